The molecule has 8 heteroatoms. The predicted octanol–water partition coefficient (Wildman–Crippen LogP) is 2.84. The van der Waals surface area contributed by atoms with E-state index in [0.717, 1.165) is 5.56 Å². The molecule has 2 rings (SSSR count). The largest absolute Gasteiger partial charge is 0.497 e. The zero-order valence-electron chi connectivity index (χ0n) is 15.7. The quantitative estimate of drug-likeness (QED) is 0.645. The first-order valence-electron chi connectivity index (χ1n) is 8.55. The number of anilines is 1. The molecule has 3 N–H and O–H groups in total. The van der Waals surface area contributed by atoms with Crippen molar-refractivity contribution in [3.63, 3.8) is 0 Å². The molecule has 0 saturated carbocycles. The van der Waals surface area contributed by atoms with E-state index < -0.39 is 10.0 Å². The van der Waals surface area contributed by atoms with Gasteiger partial charge in [-0.15, -0.1) is 0 Å². The first kappa shape index (κ1) is 20.7. The molecule has 2 aromatic rings. The highest BCUT2D eigenvalue weighted by Crippen LogP contribution is 2.15. The number of nitrogens with one attached hydrogen (secondary N) is 3. The van der Waals surface area contributed by atoms with Gasteiger partial charge in [0.1, 0.15) is 5.75 Å². The van der Waals surface area contributed by atoms with Crippen LogP contribution in [0.25, 0.3) is 0 Å². The summed E-state index contributed by atoms with van der Waals surface area (Å²) in [6.07, 6.45) is 0. The zero-order chi connectivity index (χ0) is 19.9. The van der Waals surface area contributed by atoms with Crippen LogP contribution in [0.5, 0.6) is 5.75 Å². The highest BCUT2D eigenvalue weighted by Gasteiger charge is 2.15. The van der Waals surface area contributed by atoms with E-state index in [1.165, 1.54) is 0 Å². The van der Waals surface area contributed by atoms with Gasteiger partial charge in [0.05, 0.1) is 12.9 Å². The fourth-order valence-electron chi connectivity index (χ4n) is 2.50. The number of urea groups is 1. The molecule has 0 aromatic heterocycles. The summed E-state index contributed by atoms with van der Waals surface area (Å²) in [5.74, 6) is 0.564. The standard InChI is InChI=1S/C19H25N3O4S/c1-14(2)22-27(24,25)13-16-7-5-4-6-15(16)12-20-19(23)21-17-8-10-18(26-3)11-9-17/h4-11,14,22H,12-13H2,1-3H3,(H2,20,21,23). The minimum absolute atomic E-state index is 0.136. The SMILES string of the molecule is COc1ccc(NC(=O)NCc2ccccc2CS(=O)(=O)NC(C)C)cc1. The molecule has 0 fully saturated rings. The third kappa shape index (κ3) is 6.92. The maximum Gasteiger partial charge on any atom is 0.319 e. The number of hydrogen-bond donors (Lipinski definition) is 3. The number of amides is 2. The van der Waals surface area contributed by atoms with Crippen LogP contribution in [-0.2, 0) is 22.3 Å². The number of rotatable bonds is 8. The molecule has 0 radical (unpaired) electrons. The molecule has 27 heavy (non-hydrogen) atoms. The van der Waals surface area contributed by atoms with E-state index in [4.69, 9.17) is 4.74 Å². The van der Waals surface area contributed by atoms with Gasteiger partial charge >= 0.3 is 6.03 Å². The minimum Gasteiger partial charge on any atom is -0.497 e. The molecule has 0 spiro atoms. The van der Waals surface area contributed by atoms with Crippen molar-refractivity contribution in [1.29, 1.82) is 0 Å². The highest BCUT2D eigenvalue weighted by atomic mass is 32.2. The van der Waals surface area contributed by atoms with Crippen LogP contribution in [-0.4, -0.2) is 27.6 Å². The number of ether oxygens (including phenoxy) is 1. The lowest BCUT2D eigenvalue weighted by atomic mass is 10.1. The van der Waals surface area contributed by atoms with Crippen LogP contribution in [0.2, 0.25) is 0 Å². The summed E-state index contributed by atoms with van der Waals surface area (Å²) in [4.78, 5) is 12.1. The normalized spacial score (nSPS) is 11.3. The maximum absolute atomic E-state index is 12.2. The van der Waals surface area contributed by atoms with Crippen LogP contribution in [0, 0.1) is 0 Å². The van der Waals surface area contributed by atoms with Gasteiger partial charge in [-0.05, 0) is 49.2 Å². The molecule has 0 bridgehead atoms. The van der Waals surface area contributed by atoms with Gasteiger partial charge in [0.2, 0.25) is 10.0 Å². The monoisotopic (exact) mass is 391 g/mol. The lowest BCUT2D eigenvalue weighted by Crippen LogP contribution is -2.32. The Bertz CT molecular complexity index is 865. The van der Waals surface area contributed by atoms with Crippen molar-refractivity contribution >= 4 is 21.7 Å². The second kappa shape index (κ2) is 9.38. The molecule has 7 nitrogen and oxygen atoms in total. The number of methoxy groups -OCH3 is 1. The van der Waals surface area contributed by atoms with E-state index in [9.17, 15) is 13.2 Å². The fraction of sp³-hybridized carbons (Fsp3) is 0.316. The molecule has 0 heterocycles. The van der Waals surface area contributed by atoms with Gasteiger partial charge in [-0.2, -0.15) is 0 Å². The summed E-state index contributed by atoms with van der Waals surface area (Å²) in [7, 11) is -1.87. The lowest BCUT2D eigenvalue weighted by Gasteiger charge is -2.14. The summed E-state index contributed by atoms with van der Waals surface area (Å²) < 4.78 is 32.0. The topological polar surface area (TPSA) is 96.5 Å². The number of sulfonamides is 1. The van der Waals surface area contributed by atoms with Crippen molar-refractivity contribution < 1.29 is 17.9 Å². The van der Waals surface area contributed by atoms with Crippen molar-refractivity contribution in [2.75, 3.05) is 12.4 Å². The number of benzene rings is 2. The molecule has 2 aromatic carbocycles. The predicted molar refractivity (Wildman–Crippen MR) is 106 cm³/mol. The Hall–Kier alpha value is -2.58. The van der Waals surface area contributed by atoms with Crippen LogP contribution >= 0.6 is 0 Å². The first-order valence-corrected chi connectivity index (χ1v) is 10.2. The van der Waals surface area contributed by atoms with Gasteiger partial charge < -0.3 is 15.4 Å². The van der Waals surface area contributed by atoms with Crippen molar-refractivity contribution in [2.24, 2.45) is 0 Å². The Morgan fingerprint density at radius 3 is 2.26 bits per heavy atom. The molecule has 0 aliphatic heterocycles. The molecule has 0 unspecified atom stereocenters. The second-order valence-electron chi connectivity index (χ2n) is 6.34. The van der Waals surface area contributed by atoms with Crippen LogP contribution < -0.4 is 20.1 Å². The van der Waals surface area contributed by atoms with E-state index in [1.807, 2.05) is 6.07 Å². The van der Waals surface area contributed by atoms with E-state index in [2.05, 4.69) is 15.4 Å². The van der Waals surface area contributed by atoms with Crippen molar-refractivity contribution in [1.82, 2.24) is 10.0 Å². The summed E-state index contributed by atoms with van der Waals surface area (Å²) in [5.41, 5.74) is 2.03. The molecule has 146 valence electrons. The Morgan fingerprint density at radius 2 is 1.67 bits per heavy atom. The highest BCUT2D eigenvalue weighted by molar-refractivity contribution is 7.88. The summed E-state index contributed by atoms with van der Waals surface area (Å²) in [6, 6.07) is 13.5. The van der Waals surface area contributed by atoms with E-state index in [1.54, 1.807) is 63.4 Å². The van der Waals surface area contributed by atoms with Crippen LogP contribution in [0.4, 0.5) is 10.5 Å². The first-order chi connectivity index (χ1) is 12.8. The third-order valence-corrected chi connectivity index (χ3v) is 5.19. The van der Waals surface area contributed by atoms with Crippen molar-refractivity contribution in [2.45, 2.75) is 32.2 Å². The Morgan fingerprint density at radius 1 is 1.04 bits per heavy atom. The number of hydrogen-bond acceptors (Lipinski definition) is 4. The number of carbonyl (C=O) groups is 1. The summed E-state index contributed by atoms with van der Waals surface area (Å²) in [5, 5.41) is 5.47. The van der Waals surface area contributed by atoms with Gasteiger partial charge in [-0.1, -0.05) is 24.3 Å². The Balaban J connectivity index is 1.98. The van der Waals surface area contributed by atoms with Gasteiger partial charge in [0, 0.05) is 18.3 Å². The van der Waals surface area contributed by atoms with Crippen LogP contribution in [0.3, 0.4) is 0 Å². The molecule has 0 aliphatic carbocycles. The average Bonchev–Trinajstić information content (AvgIpc) is 2.60. The second-order valence-corrected chi connectivity index (χ2v) is 8.09. The Labute approximate surface area is 160 Å². The average molecular weight is 391 g/mol. The van der Waals surface area contributed by atoms with Gasteiger partial charge in [-0.25, -0.2) is 17.9 Å². The zero-order valence-corrected chi connectivity index (χ0v) is 16.5. The molecule has 0 aliphatic rings. The summed E-state index contributed by atoms with van der Waals surface area (Å²) >= 11 is 0. The van der Waals surface area contributed by atoms with Crippen LogP contribution in [0.15, 0.2) is 48.5 Å². The Kier molecular flexibility index (Phi) is 7.20. The fourth-order valence-corrected chi connectivity index (χ4v) is 3.99. The van der Waals surface area contributed by atoms with Gasteiger partial charge in [-0.3, -0.25) is 0 Å². The van der Waals surface area contributed by atoms with Crippen molar-refractivity contribution in [3.05, 3.63) is 59.7 Å². The molecule has 2 amide bonds. The number of carbonyl (C=O) groups excluding carboxylic acids is 1. The third-order valence-electron chi connectivity index (χ3n) is 3.67. The smallest absolute Gasteiger partial charge is 0.319 e. The van der Waals surface area contributed by atoms with Gasteiger partial charge in [0.15, 0.2) is 0 Å². The lowest BCUT2D eigenvalue weighted by molar-refractivity contribution is 0.251. The van der Waals surface area contributed by atoms with Crippen molar-refractivity contribution in [3.8, 4) is 5.75 Å². The van der Waals surface area contributed by atoms with Crippen LogP contribution in [0.1, 0.15) is 25.0 Å². The summed E-state index contributed by atoms with van der Waals surface area (Å²) in [6.45, 7) is 3.76. The van der Waals surface area contributed by atoms with Gasteiger partial charge in [0.25, 0.3) is 0 Å². The van der Waals surface area contributed by atoms with E-state index in [0.29, 0.717) is 17.0 Å². The molecular formula is C19H25N3O4S. The molecule has 0 atom stereocenters. The minimum atomic E-state index is -3.44. The molecule has 0 saturated heterocycles. The van der Waals surface area contributed by atoms with E-state index in [-0.39, 0.29) is 24.4 Å². The maximum atomic E-state index is 12.2. The van der Waals surface area contributed by atoms with E-state index >= 15 is 0 Å². The molecular weight excluding hydrogens is 366 g/mol.